The molecular formula is C22H24N6O3. The van der Waals surface area contributed by atoms with Crippen LogP contribution in [0.25, 0.3) is 11.0 Å². The minimum atomic E-state index is -0.892. The number of benzene rings is 2. The van der Waals surface area contributed by atoms with Crippen LogP contribution in [0.3, 0.4) is 0 Å². The van der Waals surface area contributed by atoms with Gasteiger partial charge in [0, 0.05) is 12.1 Å². The molecule has 160 valence electrons. The van der Waals surface area contributed by atoms with Gasteiger partial charge in [-0.1, -0.05) is 29.5 Å². The summed E-state index contributed by atoms with van der Waals surface area (Å²) >= 11 is 0. The number of rotatable bonds is 6. The number of nitrogens with zero attached hydrogens (tertiary/aromatic N) is 4. The molecule has 1 aliphatic heterocycles. The fourth-order valence-electron chi connectivity index (χ4n) is 3.62. The highest BCUT2D eigenvalue weighted by Gasteiger charge is 2.44. The smallest absolute Gasteiger partial charge is 0.325 e. The highest BCUT2D eigenvalue weighted by Crippen LogP contribution is 2.21. The van der Waals surface area contributed by atoms with Crippen molar-refractivity contribution < 1.29 is 14.4 Å². The van der Waals surface area contributed by atoms with Crippen LogP contribution in [0, 0.1) is 0 Å². The lowest BCUT2D eigenvalue weighted by atomic mass is 10.1. The van der Waals surface area contributed by atoms with Gasteiger partial charge in [-0.3, -0.25) is 14.5 Å². The Balaban J connectivity index is 1.36. The molecular weight excluding hydrogens is 396 g/mol. The molecule has 9 nitrogen and oxygen atoms in total. The Bertz CT molecular complexity index is 1150. The first-order valence-corrected chi connectivity index (χ1v) is 10.1. The van der Waals surface area contributed by atoms with E-state index in [4.69, 9.17) is 0 Å². The summed E-state index contributed by atoms with van der Waals surface area (Å²) in [6.45, 7) is 5.45. The molecule has 2 aromatic carbocycles. The van der Waals surface area contributed by atoms with Gasteiger partial charge in [-0.2, -0.15) is 0 Å². The number of aromatic nitrogens is 3. The predicted octanol–water partition coefficient (Wildman–Crippen LogP) is 2.85. The number of nitrogens with one attached hydrogen (secondary N) is 2. The first-order chi connectivity index (χ1) is 14.7. The number of hydrogen-bond acceptors (Lipinski definition) is 5. The van der Waals surface area contributed by atoms with Crippen molar-refractivity contribution in [3.05, 3.63) is 54.1 Å². The van der Waals surface area contributed by atoms with E-state index in [0.29, 0.717) is 5.69 Å². The Labute approximate surface area is 179 Å². The molecule has 31 heavy (non-hydrogen) atoms. The van der Waals surface area contributed by atoms with Gasteiger partial charge < -0.3 is 10.6 Å². The zero-order valence-corrected chi connectivity index (χ0v) is 17.6. The maximum Gasteiger partial charge on any atom is 0.325 e. The number of amides is 4. The van der Waals surface area contributed by atoms with E-state index in [1.165, 1.54) is 4.90 Å². The number of urea groups is 1. The van der Waals surface area contributed by atoms with Crippen LogP contribution in [0.5, 0.6) is 0 Å². The molecule has 9 heteroatoms. The molecule has 3 aromatic rings. The highest BCUT2D eigenvalue weighted by atomic mass is 16.2. The Kier molecular flexibility index (Phi) is 5.18. The van der Waals surface area contributed by atoms with E-state index in [1.807, 2.05) is 31.2 Å². The molecule has 0 unspecified atom stereocenters. The summed E-state index contributed by atoms with van der Waals surface area (Å²) in [4.78, 5) is 38.0. The van der Waals surface area contributed by atoms with Crippen molar-refractivity contribution in [3.8, 4) is 0 Å². The molecule has 2 N–H and O–H groups in total. The summed E-state index contributed by atoms with van der Waals surface area (Å²) in [7, 11) is 0. The lowest BCUT2D eigenvalue weighted by molar-refractivity contribution is -0.130. The van der Waals surface area contributed by atoms with E-state index in [0.717, 1.165) is 16.6 Å². The molecule has 1 aromatic heterocycles. The minimum Gasteiger partial charge on any atom is -0.326 e. The summed E-state index contributed by atoms with van der Waals surface area (Å²) in [6, 6.07) is 14.1. The van der Waals surface area contributed by atoms with Crippen LogP contribution in [0.15, 0.2) is 48.5 Å². The summed E-state index contributed by atoms with van der Waals surface area (Å²) in [5.74, 6) is -0.403. The quantitative estimate of drug-likeness (QED) is 0.596. The second-order valence-corrected chi connectivity index (χ2v) is 8.27. The van der Waals surface area contributed by atoms with Gasteiger partial charge in [0.15, 0.2) is 0 Å². The maximum absolute atomic E-state index is 12.5. The number of carbonyl (C=O) groups is 3. The van der Waals surface area contributed by atoms with Gasteiger partial charge in [0.25, 0.3) is 5.91 Å². The van der Waals surface area contributed by atoms with E-state index >= 15 is 0 Å². The summed E-state index contributed by atoms with van der Waals surface area (Å²) in [5.41, 5.74) is 2.22. The lowest BCUT2D eigenvalue weighted by Crippen LogP contribution is -2.40. The van der Waals surface area contributed by atoms with Crippen LogP contribution in [0.2, 0.25) is 0 Å². The van der Waals surface area contributed by atoms with Crippen LogP contribution in [0.1, 0.15) is 38.8 Å². The molecule has 1 saturated heterocycles. The largest absolute Gasteiger partial charge is 0.326 e. The number of hydrogen-bond donors (Lipinski definition) is 2. The maximum atomic E-state index is 12.5. The molecule has 0 spiro atoms. The van der Waals surface area contributed by atoms with E-state index < -0.39 is 11.6 Å². The Morgan fingerprint density at radius 2 is 1.84 bits per heavy atom. The fourth-order valence-corrected chi connectivity index (χ4v) is 3.62. The zero-order valence-electron chi connectivity index (χ0n) is 17.6. The van der Waals surface area contributed by atoms with Gasteiger partial charge in [-0.15, -0.1) is 5.10 Å². The van der Waals surface area contributed by atoms with Crippen LogP contribution in [-0.2, 0) is 16.1 Å². The average Bonchev–Trinajstić information content (AvgIpc) is 3.23. The standard InChI is InChI=1S/C22H24N6O3/c1-14(28-18-7-5-4-6-17(18)25-26-28)12-19(29)23-16-10-8-15(9-11-16)13-27-20(30)22(2,3)24-21(27)31/h4-11,14H,12-13H2,1-3H3,(H,23,29)(H,24,31)/t14-/m0/s1. The van der Waals surface area contributed by atoms with E-state index in [2.05, 4.69) is 20.9 Å². The lowest BCUT2D eigenvalue weighted by Gasteiger charge is -2.16. The van der Waals surface area contributed by atoms with Crippen LogP contribution in [0.4, 0.5) is 10.5 Å². The van der Waals surface area contributed by atoms with Gasteiger partial charge in [-0.05, 0) is 50.6 Å². The Morgan fingerprint density at radius 3 is 2.52 bits per heavy atom. The van der Waals surface area contributed by atoms with Crippen LogP contribution >= 0.6 is 0 Å². The summed E-state index contributed by atoms with van der Waals surface area (Å²) < 4.78 is 1.75. The van der Waals surface area contributed by atoms with E-state index in [9.17, 15) is 14.4 Å². The van der Waals surface area contributed by atoms with Crippen molar-refractivity contribution in [3.63, 3.8) is 0 Å². The third kappa shape index (κ3) is 4.11. The molecule has 0 bridgehead atoms. The van der Waals surface area contributed by atoms with Crippen molar-refractivity contribution in [1.82, 2.24) is 25.2 Å². The van der Waals surface area contributed by atoms with Crippen molar-refractivity contribution in [2.75, 3.05) is 5.32 Å². The number of imide groups is 1. The van der Waals surface area contributed by atoms with Gasteiger partial charge in [0.05, 0.1) is 18.1 Å². The molecule has 1 fully saturated rings. The topological polar surface area (TPSA) is 109 Å². The van der Waals surface area contributed by atoms with Gasteiger partial charge >= 0.3 is 6.03 Å². The number of para-hydroxylation sites is 1. The number of carbonyl (C=O) groups excluding carboxylic acids is 3. The summed E-state index contributed by atoms with van der Waals surface area (Å²) in [5, 5.41) is 13.8. The first kappa shape index (κ1) is 20.5. The zero-order chi connectivity index (χ0) is 22.2. The molecule has 0 saturated carbocycles. The van der Waals surface area contributed by atoms with Crippen LogP contribution in [-0.4, -0.2) is 43.3 Å². The molecule has 1 atom stereocenters. The number of fused-ring (bicyclic) bond motifs is 1. The Morgan fingerprint density at radius 1 is 1.13 bits per heavy atom. The van der Waals surface area contributed by atoms with Gasteiger partial charge in [0.1, 0.15) is 11.1 Å². The van der Waals surface area contributed by atoms with Crippen molar-refractivity contribution in [2.24, 2.45) is 0 Å². The number of anilines is 1. The van der Waals surface area contributed by atoms with Crippen molar-refractivity contribution in [1.29, 1.82) is 0 Å². The van der Waals surface area contributed by atoms with Crippen LogP contribution < -0.4 is 10.6 Å². The van der Waals surface area contributed by atoms with Gasteiger partial charge in [-0.25, -0.2) is 9.48 Å². The van der Waals surface area contributed by atoms with Crippen molar-refractivity contribution in [2.45, 2.75) is 45.3 Å². The average molecular weight is 420 g/mol. The normalized spacial score (nSPS) is 16.4. The Hall–Kier alpha value is -3.75. The second kappa shape index (κ2) is 7.82. The molecule has 0 aliphatic carbocycles. The van der Waals surface area contributed by atoms with E-state index in [1.54, 1.807) is 42.8 Å². The van der Waals surface area contributed by atoms with E-state index in [-0.39, 0.29) is 30.8 Å². The van der Waals surface area contributed by atoms with Gasteiger partial charge in [0.2, 0.25) is 5.91 Å². The third-order valence-electron chi connectivity index (χ3n) is 5.30. The molecule has 1 aliphatic rings. The monoisotopic (exact) mass is 420 g/mol. The van der Waals surface area contributed by atoms with Crippen molar-refractivity contribution >= 4 is 34.6 Å². The third-order valence-corrected chi connectivity index (χ3v) is 5.30. The minimum absolute atomic E-state index is 0.143. The highest BCUT2D eigenvalue weighted by molar-refractivity contribution is 6.06. The second-order valence-electron chi connectivity index (χ2n) is 8.27. The first-order valence-electron chi connectivity index (χ1n) is 10.1. The molecule has 0 radical (unpaired) electrons. The summed E-state index contributed by atoms with van der Waals surface area (Å²) in [6.07, 6.45) is 0.243. The predicted molar refractivity (Wildman–Crippen MR) is 115 cm³/mol. The SMILES string of the molecule is C[C@@H](CC(=O)Nc1ccc(CN2C(=O)NC(C)(C)C2=O)cc1)n1nnc2ccccc21. The molecule has 2 heterocycles. The molecule has 4 amide bonds. The fraction of sp³-hybridized carbons (Fsp3) is 0.318. The molecule has 4 rings (SSSR count).